The Bertz CT molecular complexity index is 527. The van der Waals surface area contributed by atoms with Crippen molar-refractivity contribution < 1.29 is 0 Å². The van der Waals surface area contributed by atoms with Crippen molar-refractivity contribution in [1.82, 2.24) is 20.2 Å². The van der Waals surface area contributed by atoms with Crippen LogP contribution in [0.2, 0.25) is 0 Å². The second-order valence-electron chi connectivity index (χ2n) is 4.58. The van der Waals surface area contributed by atoms with Crippen molar-refractivity contribution in [3.05, 3.63) is 6.20 Å². The first-order valence-electron chi connectivity index (χ1n) is 7.03. The highest BCUT2D eigenvalue weighted by Gasteiger charge is 2.08. The average Bonchev–Trinajstić information content (AvgIpc) is 2.93. The lowest BCUT2D eigenvalue weighted by Gasteiger charge is -2.09. The first kappa shape index (κ1) is 14.9. The molecule has 0 radical (unpaired) electrons. The van der Waals surface area contributed by atoms with E-state index < -0.39 is 0 Å². The summed E-state index contributed by atoms with van der Waals surface area (Å²) in [4.78, 5) is 8.94. The lowest BCUT2D eigenvalue weighted by molar-refractivity contribution is 0.840. The summed E-state index contributed by atoms with van der Waals surface area (Å²) in [5, 5.41) is 14.5. The van der Waals surface area contributed by atoms with Crippen LogP contribution in [0.4, 0.5) is 11.8 Å². The Balaban J connectivity index is 2.03. The SMILES string of the molecule is CCCNc1nc(NCCCCSC)c2cn[nH]c2n1. The van der Waals surface area contributed by atoms with E-state index >= 15 is 0 Å². The molecule has 0 amide bonds. The van der Waals surface area contributed by atoms with Gasteiger partial charge in [0, 0.05) is 13.1 Å². The number of H-pyrrole nitrogens is 1. The summed E-state index contributed by atoms with van der Waals surface area (Å²) < 4.78 is 0. The zero-order chi connectivity index (χ0) is 14.2. The van der Waals surface area contributed by atoms with Gasteiger partial charge >= 0.3 is 0 Å². The molecular weight excluding hydrogens is 272 g/mol. The van der Waals surface area contributed by atoms with Crippen molar-refractivity contribution >= 4 is 34.6 Å². The third-order valence-corrected chi connectivity index (χ3v) is 3.61. The molecule has 6 nitrogen and oxygen atoms in total. The fourth-order valence-electron chi connectivity index (χ4n) is 1.86. The Morgan fingerprint density at radius 1 is 1.20 bits per heavy atom. The van der Waals surface area contributed by atoms with Crippen molar-refractivity contribution in [2.45, 2.75) is 26.2 Å². The summed E-state index contributed by atoms with van der Waals surface area (Å²) >= 11 is 1.88. The number of unbranched alkanes of at least 4 members (excludes halogenated alkanes) is 1. The van der Waals surface area contributed by atoms with Crippen LogP contribution in [0.25, 0.3) is 11.0 Å². The highest BCUT2D eigenvalue weighted by Crippen LogP contribution is 2.19. The summed E-state index contributed by atoms with van der Waals surface area (Å²) in [5.74, 6) is 2.71. The van der Waals surface area contributed by atoms with Crippen LogP contribution >= 0.6 is 11.8 Å². The molecule has 7 heteroatoms. The quantitative estimate of drug-likeness (QED) is 0.617. The standard InChI is InChI=1S/C13H22N6S/c1-3-6-15-13-17-11(14-7-4-5-8-20-2)10-9-16-19-12(10)18-13/h9H,3-8H2,1-2H3,(H3,14,15,16,17,18,19). The smallest absolute Gasteiger partial charge is 0.226 e. The third kappa shape index (κ3) is 4.00. The lowest BCUT2D eigenvalue weighted by atomic mass is 10.3. The van der Waals surface area contributed by atoms with Crippen LogP contribution in [-0.2, 0) is 0 Å². The molecular formula is C13H22N6S. The van der Waals surface area contributed by atoms with E-state index in [1.165, 1.54) is 12.2 Å². The maximum atomic E-state index is 4.53. The Labute approximate surface area is 123 Å². The predicted octanol–water partition coefficient (Wildman–Crippen LogP) is 2.73. The minimum Gasteiger partial charge on any atom is -0.369 e. The Morgan fingerprint density at radius 3 is 2.90 bits per heavy atom. The van der Waals surface area contributed by atoms with Crippen molar-refractivity contribution in [1.29, 1.82) is 0 Å². The molecule has 0 atom stereocenters. The van der Waals surface area contributed by atoms with Gasteiger partial charge in [-0.05, 0) is 31.3 Å². The van der Waals surface area contributed by atoms with Crippen molar-refractivity contribution in [3.63, 3.8) is 0 Å². The number of aromatic amines is 1. The second-order valence-corrected chi connectivity index (χ2v) is 5.57. The molecule has 20 heavy (non-hydrogen) atoms. The van der Waals surface area contributed by atoms with E-state index in [1.54, 1.807) is 6.20 Å². The number of thioether (sulfide) groups is 1. The Kier molecular flexibility index (Phi) is 5.91. The van der Waals surface area contributed by atoms with Gasteiger partial charge < -0.3 is 10.6 Å². The number of fused-ring (bicyclic) bond motifs is 1. The zero-order valence-electron chi connectivity index (χ0n) is 12.1. The van der Waals surface area contributed by atoms with Crippen LogP contribution < -0.4 is 10.6 Å². The maximum Gasteiger partial charge on any atom is 0.226 e. The first-order valence-corrected chi connectivity index (χ1v) is 8.42. The molecule has 2 rings (SSSR count). The van der Waals surface area contributed by atoms with E-state index in [0.29, 0.717) is 5.95 Å². The number of aromatic nitrogens is 4. The third-order valence-electron chi connectivity index (χ3n) is 2.91. The molecule has 2 aromatic heterocycles. The van der Waals surface area contributed by atoms with Crippen LogP contribution in [0.5, 0.6) is 0 Å². The Hall–Kier alpha value is -1.50. The summed E-state index contributed by atoms with van der Waals surface area (Å²) in [7, 11) is 0. The van der Waals surface area contributed by atoms with Crippen molar-refractivity contribution in [2.75, 3.05) is 35.7 Å². The summed E-state index contributed by atoms with van der Waals surface area (Å²) in [6.45, 7) is 3.91. The molecule has 0 unspecified atom stereocenters. The lowest BCUT2D eigenvalue weighted by Crippen LogP contribution is -2.09. The minimum atomic E-state index is 0.648. The summed E-state index contributed by atoms with van der Waals surface area (Å²) in [5.41, 5.74) is 0.769. The number of hydrogen-bond donors (Lipinski definition) is 3. The van der Waals surface area contributed by atoms with Gasteiger partial charge in [-0.1, -0.05) is 6.92 Å². The Morgan fingerprint density at radius 2 is 2.10 bits per heavy atom. The monoisotopic (exact) mass is 294 g/mol. The fourth-order valence-corrected chi connectivity index (χ4v) is 2.36. The van der Waals surface area contributed by atoms with E-state index in [0.717, 1.165) is 42.8 Å². The number of nitrogens with one attached hydrogen (secondary N) is 3. The van der Waals surface area contributed by atoms with Crippen molar-refractivity contribution in [3.8, 4) is 0 Å². The number of hydrogen-bond acceptors (Lipinski definition) is 6. The molecule has 0 bridgehead atoms. The van der Waals surface area contributed by atoms with Gasteiger partial charge in [-0.2, -0.15) is 26.8 Å². The van der Waals surface area contributed by atoms with Crippen LogP contribution in [0, 0.1) is 0 Å². The predicted molar refractivity (Wildman–Crippen MR) is 86.6 cm³/mol. The normalized spacial score (nSPS) is 10.9. The molecule has 0 aromatic carbocycles. The molecule has 110 valence electrons. The summed E-state index contributed by atoms with van der Waals surface area (Å²) in [6, 6.07) is 0. The fraction of sp³-hybridized carbons (Fsp3) is 0.615. The molecule has 0 aliphatic heterocycles. The summed E-state index contributed by atoms with van der Waals surface area (Å²) in [6.07, 6.45) is 7.31. The van der Waals surface area contributed by atoms with E-state index in [-0.39, 0.29) is 0 Å². The van der Waals surface area contributed by atoms with Crippen LogP contribution in [0.1, 0.15) is 26.2 Å². The minimum absolute atomic E-state index is 0.648. The van der Waals surface area contributed by atoms with Gasteiger partial charge in [0.15, 0.2) is 5.65 Å². The van der Waals surface area contributed by atoms with Gasteiger partial charge in [0.1, 0.15) is 5.82 Å². The maximum absolute atomic E-state index is 4.53. The average molecular weight is 294 g/mol. The molecule has 0 aliphatic rings. The van der Waals surface area contributed by atoms with E-state index in [2.05, 4.69) is 44.0 Å². The van der Waals surface area contributed by atoms with Crippen LogP contribution in [0.15, 0.2) is 6.20 Å². The molecule has 2 aromatic rings. The highest BCUT2D eigenvalue weighted by atomic mass is 32.2. The molecule has 0 saturated carbocycles. The number of rotatable bonds is 9. The van der Waals surface area contributed by atoms with Gasteiger partial charge in [0.05, 0.1) is 11.6 Å². The molecule has 3 N–H and O–H groups in total. The van der Waals surface area contributed by atoms with E-state index in [4.69, 9.17) is 0 Å². The second kappa shape index (κ2) is 7.94. The van der Waals surface area contributed by atoms with Crippen LogP contribution in [-0.4, -0.2) is 45.3 Å². The van der Waals surface area contributed by atoms with Gasteiger partial charge in [-0.25, -0.2) is 0 Å². The molecule has 2 heterocycles. The number of nitrogens with zero attached hydrogens (tertiary/aromatic N) is 3. The topological polar surface area (TPSA) is 78.5 Å². The van der Waals surface area contributed by atoms with Gasteiger partial charge in [-0.3, -0.25) is 5.10 Å². The highest BCUT2D eigenvalue weighted by molar-refractivity contribution is 7.98. The van der Waals surface area contributed by atoms with Gasteiger partial charge in [-0.15, -0.1) is 0 Å². The number of anilines is 2. The first-order chi connectivity index (χ1) is 9.85. The molecule has 0 saturated heterocycles. The van der Waals surface area contributed by atoms with E-state index in [1.807, 2.05) is 11.8 Å². The molecule has 0 fully saturated rings. The van der Waals surface area contributed by atoms with Gasteiger partial charge in [0.25, 0.3) is 0 Å². The molecule has 0 aliphatic carbocycles. The molecule has 0 spiro atoms. The zero-order valence-corrected chi connectivity index (χ0v) is 12.9. The van der Waals surface area contributed by atoms with E-state index in [9.17, 15) is 0 Å². The largest absolute Gasteiger partial charge is 0.369 e. The van der Waals surface area contributed by atoms with Crippen LogP contribution in [0.3, 0.4) is 0 Å². The van der Waals surface area contributed by atoms with Gasteiger partial charge in [0.2, 0.25) is 5.95 Å². The van der Waals surface area contributed by atoms with Crippen molar-refractivity contribution in [2.24, 2.45) is 0 Å².